The zero-order chi connectivity index (χ0) is 19.7. The SMILES string of the molecule is O=C(CCc1ccco1)N1CCC2NNC(c3ccc(C(F)(F)F)cc3)C2C1. The van der Waals surface area contributed by atoms with E-state index in [4.69, 9.17) is 4.42 Å². The molecule has 0 radical (unpaired) electrons. The Hall–Kier alpha value is -2.32. The minimum Gasteiger partial charge on any atom is -0.469 e. The van der Waals surface area contributed by atoms with Crippen LogP contribution in [-0.4, -0.2) is 29.9 Å². The Labute approximate surface area is 160 Å². The van der Waals surface area contributed by atoms with Gasteiger partial charge in [-0.05, 0) is 36.2 Å². The highest BCUT2D eigenvalue weighted by atomic mass is 19.4. The molecule has 0 saturated carbocycles. The standard InChI is InChI=1S/C20H22F3N3O2/c21-20(22,23)14-5-3-13(4-6-14)19-16-12-26(10-9-17(16)24-25-19)18(27)8-7-15-2-1-11-28-15/h1-6,11,16-17,19,24-25H,7-10,12H2. The molecule has 1 aromatic carbocycles. The van der Waals surface area contributed by atoms with Crippen LogP contribution >= 0.6 is 0 Å². The second kappa shape index (κ2) is 7.60. The van der Waals surface area contributed by atoms with Crippen LogP contribution in [0.1, 0.15) is 35.8 Å². The lowest BCUT2D eigenvalue weighted by Crippen LogP contribution is -2.47. The van der Waals surface area contributed by atoms with Crippen LogP contribution < -0.4 is 10.9 Å². The number of piperidine rings is 1. The van der Waals surface area contributed by atoms with E-state index in [1.54, 1.807) is 12.3 Å². The monoisotopic (exact) mass is 393 g/mol. The topological polar surface area (TPSA) is 57.5 Å². The molecule has 1 aromatic heterocycles. The summed E-state index contributed by atoms with van der Waals surface area (Å²) in [5.41, 5.74) is 6.58. The van der Waals surface area contributed by atoms with Gasteiger partial charge < -0.3 is 9.32 Å². The lowest BCUT2D eigenvalue weighted by Gasteiger charge is -2.36. The molecule has 8 heteroatoms. The van der Waals surface area contributed by atoms with Crippen LogP contribution in [-0.2, 0) is 17.4 Å². The van der Waals surface area contributed by atoms with Crippen molar-refractivity contribution in [2.24, 2.45) is 5.92 Å². The third kappa shape index (κ3) is 3.93. The van der Waals surface area contributed by atoms with E-state index in [-0.39, 0.29) is 23.9 Å². The molecule has 2 N–H and O–H groups in total. The molecule has 1 amide bonds. The van der Waals surface area contributed by atoms with E-state index in [0.29, 0.717) is 25.9 Å². The number of aryl methyl sites for hydroxylation is 1. The molecule has 0 spiro atoms. The number of hydrazine groups is 1. The Morgan fingerprint density at radius 2 is 1.96 bits per heavy atom. The van der Waals surface area contributed by atoms with E-state index in [0.717, 1.165) is 29.9 Å². The number of furan rings is 1. The first-order valence-corrected chi connectivity index (χ1v) is 9.40. The molecule has 150 valence electrons. The number of rotatable bonds is 4. The smallest absolute Gasteiger partial charge is 0.416 e. The van der Waals surface area contributed by atoms with E-state index >= 15 is 0 Å². The molecule has 5 nitrogen and oxygen atoms in total. The number of alkyl halides is 3. The average Bonchev–Trinajstić information content (AvgIpc) is 3.34. The largest absolute Gasteiger partial charge is 0.469 e. The number of amides is 1. The zero-order valence-electron chi connectivity index (χ0n) is 15.2. The van der Waals surface area contributed by atoms with E-state index in [2.05, 4.69) is 10.9 Å². The van der Waals surface area contributed by atoms with Gasteiger partial charge in [0.15, 0.2) is 0 Å². The van der Waals surface area contributed by atoms with Crippen LogP contribution in [0.15, 0.2) is 47.1 Å². The molecule has 2 aliphatic rings. The number of hydrogen-bond donors (Lipinski definition) is 2. The normalized spacial score (nSPS) is 25.0. The van der Waals surface area contributed by atoms with Crippen LogP contribution in [0.3, 0.4) is 0 Å². The molecule has 3 atom stereocenters. The fourth-order valence-corrected chi connectivity index (χ4v) is 4.08. The molecular formula is C20H22F3N3O2. The predicted octanol–water partition coefficient (Wildman–Crippen LogP) is 3.30. The number of likely N-dealkylation sites (tertiary alicyclic amines) is 1. The molecule has 28 heavy (non-hydrogen) atoms. The summed E-state index contributed by atoms with van der Waals surface area (Å²) in [5, 5.41) is 0. The molecule has 2 fully saturated rings. The lowest BCUT2D eigenvalue weighted by molar-refractivity contribution is -0.137. The number of halogens is 3. The van der Waals surface area contributed by atoms with Crippen molar-refractivity contribution in [2.45, 2.75) is 37.5 Å². The van der Waals surface area contributed by atoms with Gasteiger partial charge in [0.2, 0.25) is 5.91 Å². The van der Waals surface area contributed by atoms with E-state index in [9.17, 15) is 18.0 Å². The average molecular weight is 393 g/mol. The number of carbonyl (C=O) groups is 1. The first kappa shape index (κ1) is 19.0. The number of nitrogens with zero attached hydrogens (tertiary/aromatic N) is 1. The second-order valence-corrected chi connectivity index (χ2v) is 7.36. The van der Waals surface area contributed by atoms with Crippen LogP contribution in [0.4, 0.5) is 13.2 Å². The Bertz CT molecular complexity index is 805. The van der Waals surface area contributed by atoms with Crippen LogP contribution in [0.25, 0.3) is 0 Å². The van der Waals surface area contributed by atoms with Crippen molar-refractivity contribution in [1.82, 2.24) is 15.8 Å². The van der Waals surface area contributed by atoms with Gasteiger partial charge in [-0.15, -0.1) is 0 Å². The Morgan fingerprint density at radius 3 is 2.64 bits per heavy atom. The Morgan fingerprint density at radius 1 is 1.18 bits per heavy atom. The Kier molecular flexibility index (Phi) is 5.16. The molecule has 4 rings (SSSR count). The number of benzene rings is 1. The molecule has 3 heterocycles. The van der Waals surface area contributed by atoms with Crippen molar-refractivity contribution in [2.75, 3.05) is 13.1 Å². The third-order valence-corrected chi connectivity index (χ3v) is 5.63. The van der Waals surface area contributed by atoms with Crippen molar-refractivity contribution >= 4 is 5.91 Å². The van der Waals surface area contributed by atoms with Gasteiger partial charge in [-0.2, -0.15) is 13.2 Å². The van der Waals surface area contributed by atoms with Gasteiger partial charge in [0, 0.05) is 37.9 Å². The summed E-state index contributed by atoms with van der Waals surface area (Å²) in [5.74, 6) is 0.973. The summed E-state index contributed by atoms with van der Waals surface area (Å²) in [6.45, 7) is 1.25. The maximum absolute atomic E-state index is 12.8. The molecule has 2 aromatic rings. The highest BCUT2D eigenvalue weighted by Crippen LogP contribution is 2.36. The van der Waals surface area contributed by atoms with Crippen molar-refractivity contribution in [3.05, 3.63) is 59.5 Å². The summed E-state index contributed by atoms with van der Waals surface area (Å²) < 4.78 is 43.7. The van der Waals surface area contributed by atoms with E-state index in [1.165, 1.54) is 12.1 Å². The fraction of sp³-hybridized carbons (Fsp3) is 0.450. The van der Waals surface area contributed by atoms with Gasteiger partial charge in [0.25, 0.3) is 0 Å². The molecule has 2 aliphatic heterocycles. The van der Waals surface area contributed by atoms with Gasteiger partial charge in [0.05, 0.1) is 17.9 Å². The second-order valence-electron chi connectivity index (χ2n) is 7.36. The summed E-state index contributed by atoms with van der Waals surface area (Å²) in [6, 6.07) is 8.97. The Balaban J connectivity index is 1.41. The van der Waals surface area contributed by atoms with E-state index < -0.39 is 11.7 Å². The van der Waals surface area contributed by atoms with Crippen LogP contribution in [0.5, 0.6) is 0 Å². The number of fused-ring (bicyclic) bond motifs is 1. The van der Waals surface area contributed by atoms with Crippen molar-refractivity contribution in [3.63, 3.8) is 0 Å². The highest BCUT2D eigenvalue weighted by Gasteiger charge is 2.41. The third-order valence-electron chi connectivity index (χ3n) is 5.63. The molecule has 2 saturated heterocycles. The molecule has 0 bridgehead atoms. The van der Waals surface area contributed by atoms with Gasteiger partial charge in [-0.1, -0.05) is 12.1 Å². The molecule has 3 unspecified atom stereocenters. The van der Waals surface area contributed by atoms with Gasteiger partial charge >= 0.3 is 6.18 Å². The van der Waals surface area contributed by atoms with Crippen LogP contribution in [0, 0.1) is 5.92 Å². The van der Waals surface area contributed by atoms with Crippen molar-refractivity contribution in [1.29, 1.82) is 0 Å². The lowest BCUT2D eigenvalue weighted by atomic mass is 9.84. The highest BCUT2D eigenvalue weighted by molar-refractivity contribution is 5.76. The quantitative estimate of drug-likeness (QED) is 0.837. The van der Waals surface area contributed by atoms with Gasteiger partial charge in [-0.3, -0.25) is 10.2 Å². The van der Waals surface area contributed by atoms with Crippen molar-refractivity contribution < 1.29 is 22.4 Å². The molecule has 0 aliphatic carbocycles. The van der Waals surface area contributed by atoms with E-state index in [1.807, 2.05) is 11.0 Å². The summed E-state index contributed by atoms with van der Waals surface area (Å²) >= 11 is 0. The summed E-state index contributed by atoms with van der Waals surface area (Å²) in [4.78, 5) is 14.5. The maximum atomic E-state index is 12.8. The maximum Gasteiger partial charge on any atom is 0.416 e. The molecular weight excluding hydrogens is 371 g/mol. The van der Waals surface area contributed by atoms with Crippen LogP contribution in [0.2, 0.25) is 0 Å². The first-order chi connectivity index (χ1) is 13.4. The van der Waals surface area contributed by atoms with Gasteiger partial charge in [-0.25, -0.2) is 5.43 Å². The summed E-state index contributed by atoms with van der Waals surface area (Å²) in [7, 11) is 0. The minimum absolute atomic E-state index is 0.0768. The summed E-state index contributed by atoms with van der Waals surface area (Å²) in [6.07, 6.45) is -0.993. The number of hydrogen-bond acceptors (Lipinski definition) is 4. The fourth-order valence-electron chi connectivity index (χ4n) is 4.08. The van der Waals surface area contributed by atoms with Gasteiger partial charge in [0.1, 0.15) is 5.76 Å². The predicted molar refractivity (Wildman–Crippen MR) is 96.0 cm³/mol. The minimum atomic E-state index is -4.34. The number of carbonyl (C=O) groups excluding carboxylic acids is 1. The first-order valence-electron chi connectivity index (χ1n) is 9.40. The van der Waals surface area contributed by atoms with Crippen molar-refractivity contribution in [3.8, 4) is 0 Å². The number of nitrogens with one attached hydrogen (secondary N) is 2. The zero-order valence-corrected chi connectivity index (χ0v) is 15.2.